The third kappa shape index (κ3) is 4.90. The Morgan fingerprint density at radius 2 is 1.83 bits per heavy atom. The first-order valence-electron chi connectivity index (χ1n) is 9.60. The molecule has 0 aliphatic carbocycles. The zero-order valence-corrected chi connectivity index (χ0v) is 17.1. The predicted molar refractivity (Wildman–Crippen MR) is 114 cm³/mol. The summed E-state index contributed by atoms with van der Waals surface area (Å²) in [6.07, 6.45) is 0. The van der Waals surface area contributed by atoms with E-state index in [-0.39, 0.29) is 17.9 Å². The lowest BCUT2D eigenvalue weighted by molar-refractivity contribution is -0.114. The van der Waals surface area contributed by atoms with Gasteiger partial charge in [-0.05, 0) is 56.7 Å². The Kier molecular flexibility index (Phi) is 6.12. The lowest BCUT2D eigenvalue weighted by atomic mass is 10.0. The highest BCUT2D eigenvalue weighted by Crippen LogP contribution is 2.25. The Morgan fingerprint density at radius 1 is 1.10 bits per heavy atom. The quantitative estimate of drug-likeness (QED) is 0.653. The number of carbonyl (C=O) groups excluding carboxylic acids is 2. The fraction of sp³-hybridized carbons (Fsp3) is 0.261. The van der Waals surface area contributed by atoms with Gasteiger partial charge in [0.15, 0.2) is 0 Å². The summed E-state index contributed by atoms with van der Waals surface area (Å²) in [7, 11) is 0. The normalized spacial score (nSPS) is 11.7. The van der Waals surface area contributed by atoms with E-state index in [1.165, 1.54) is 6.92 Å². The van der Waals surface area contributed by atoms with Crippen LogP contribution in [0.2, 0.25) is 0 Å². The second-order valence-electron chi connectivity index (χ2n) is 6.92. The number of hydrogen-bond acceptors (Lipinski definition) is 4. The van der Waals surface area contributed by atoms with Crippen LogP contribution in [0.4, 0.5) is 5.69 Å². The number of aryl methyl sites for hydroxylation is 1. The molecular weight excluding hydrogens is 366 g/mol. The summed E-state index contributed by atoms with van der Waals surface area (Å²) in [6.45, 7) is 7.79. The molecule has 1 atom stereocenters. The number of pyridine rings is 1. The van der Waals surface area contributed by atoms with Crippen molar-refractivity contribution in [2.75, 3.05) is 11.9 Å². The molecule has 1 unspecified atom stereocenters. The van der Waals surface area contributed by atoms with E-state index >= 15 is 0 Å². The van der Waals surface area contributed by atoms with Gasteiger partial charge in [-0.25, -0.2) is 0 Å². The van der Waals surface area contributed by atoms with Crippen molar-refractivity contribution in [3.63, 3.8) is 0 Å². The van der Waals surface area contributed by atoms with E-state index in [0.717, 1.165) is 22.4 Å². The fourth-order valence-electron chi connectivity index (χ4n) is 3.18. The highest BCUT2D eigenvalue weighted by atomic mass is 16.5. The Balaban J connectivity index is 1.89. The smallest absolute Gasteiger partial charge is 0.252 e. The monoisotopic (exact) mass is 391 g/mol. The van der Waals surface area contributed by atoms with Gasteiger partial charge in [0.2, 0.25) is 5.91 Å². The van der Waals surface area contributed by atoms with E-state index in [1.807, 2.05) is 57.2 Å². The maximum Gasteiger partial charge on any atom is 0.252 e. The number of benzene rings is 2. The van der Waals surface area contributed by atoms with E-state index in [1.54, 1.807) is 12.1 Å². The van der Waals surface area contributed by atoms with Gasteiger partial charge in [0.05, 0.1) is 23.7 Å². The number of anilines is 1. The van der Waals surface area contributed by atoms with Gasteiger partial charge < -0.3 is 15.4 Å². The number of nitrogens with zero attached hydrogens (tertiary/aromatic N) is 1. The molecule has 1 heterocycles. The summed E-state index contributed by atoms with van der Waals surface area (Å²) in [5, 5.41) is 6.51. The summed E-state index contributed by atoms with van der Waals surface area (Å²) >= 11 is 0. The van der Waals surface area contributed by atoms with Gasteiger partial charge in [-0.2, -0.15) is 0 Å². The van der Waals surface area contributed by atoms with Gasteiger partial charge >= 0.3 is 0 Å². The summed E-state index contributed by atoms with van der Waals surface area (Å²) < 4.78 is 5.46. The maximum atomic E-state index is 13.1. The number of nitrogens with one attached hydrogen (secondary N) is 2. The molecule has 0 radical (unpaired) electrons. The van der Waals surface area contributed by atoms with Crippen molar-refractivity contribution in [3.05, 3.63) is 65.4 Å². The van der Waals surface area contributed by atoms with Crippen molar-refractivity contribution in [2.24, 2.45) is 0 Å². The van der Waals surface area contributed by atoms with Gasteiger partial charge in [-0.1, -0.05) is 18.2 Å². The number of aromatic nitrogens is 1. The first kappa shape index (κ1) is 20.3. The zero-order chi connectivity index (χ0) is 21.0. The molecule has 3 aromatic rings. The SMILES string of the molecule is CCOc1ccc(C(C)NC(=O)c2cc(NC(C)=O)cc3nc(C)ccc23)cc1. The Labute approximate surface area is 170 Å². The number of amides is 2. The highest BCUT2D eigenvalue weighted by Gasteiger charge is 2.16. The summed E-state index contributed by atoms with van der Waals surface area (Å²) in [5.74, 6) is 0.366. The van der Waals surface area contributed by atoms with Crippen LogP contribution in [-0.4, -0.2) is 23.4 Å². The molecule has 2 N–H and O–H groups in total. The molecule has 0 aliphatic rings. The zero-order valence-electron chi connectivity index (χ0n) is 17.1. The molecule has 6 heteroatoms. The summed E-state index contributed by atoms with van der Waals surface area (Å²) in [6, 6.07) is 14.7. The van der Waals surface area contributed by atoms with Crippen molar-refractivity contribution in [1.82, 2.24) is 10.3 Å². The number of rotatable bonds is 6. The Bertz CT molecular complexity index is 1050. The minimum Gasteiger partial charge on any atom is -0.494 e. The van der Waals surface area contributed by atoms with Crippen LogP contribution in [0.25, 0.3) is 10.9 Å². The van der Waals surface area contributed by atoms with E-state index in [9.17, 15) is 9.59 Å². The van der Waals surface area contributed by atoms with Crippen molar-refractivity contribution in [1.29, 1.82) is 0 Å². The van der Waals surface area contributed by atoms with Crippen molar-refractivity contribution in [2.45, 2.75) is 33.7 Å². The standard InChI is InChI=1S/C23H25N3O3/c1-5-29-19-9-7-17(8-10-19)15(3)25-23(28)21-12-18(26-16(4)27)13-22-20(21)11-6-14(2)24-22/h6-13,15H,5H2,1-4H3,(H,25,28)(H,26,27). The molecule has 2 aromatic carbocycles. The average molecular weight is 391 g/mol. The summed E-state index contributed by atoms with van der Waals surface area (Å²) in [5.41, 5.74) is 3.48. The van der Waals surface area contributed by atoms with Crippen LogP contribution in [0, 0.1) is 6.92 Å². The molecule has 1 aromatic heterocycles. The molecule has 3 rings (SSSR count). The van der Waals surface area contributed by atoms with Crippen LogP contribution >= 0.6 is 0 Å². The van der Waals surface area contributed by atoms with Crippen LogP contribution in [0.1, 0.15) is 48.4 Å². The Morgan fingerprint density at radius 3 is 2.48 bits per heavy atom. The van der Waals surface area contributed by atoms with E-state index in [0.29, 0.717) is 23.4 Å². The van der Waals surface area contributed by atoms with Crippen LogP contribution < -0.4 is 15.4 Å². The van der Waals surface area contributed by atoms with Gasteiger partial charge in [0.1, 0.15) is 5.75 Å². The van der Waals surface area contributed by atoms with E-state index in [2.05, 4.69) is 15.6 Å². The third-order valence-electron chi connectivity index (χ3n) is 4.55. The lowest BCUT2D eigenvalue weighted by Gasteiger charge is -2.17. The average Bonchev–Trinajstić information content (AvgIpc) is 2.67. The minimum absolute atomic E-state index is 0.198. The van der Waals surface area contributed by atoms with Gasteiger partial charge in [-0.15, -0.1) is 0 Å². The van der Waals surface area contributed by atoms with Gasteiger partial charge in [-0.3, -0.25) is 14.6 Å². The van der Waals surface area contributed by atoms with Crippen molar-refractivity contribution in [3.8, 4) is 5.75 Å². The second-order valence-corrected chi connectivity index (χ2v) is 6.92. The van der Waals surface area contributed by atoms with Gasteiger partial charge in [0, 0.05) is 23.7 Å². The van der Waals surface area contributed by atoms with E-state index in [4.69, 9.17) is 4.74 Å². The van der Waals surface area contributed by atoms with E-state index < -0.39 is 0 Å². The van der Waals surface area contributed by atoms with Crippen LogP contribution in [0.5, 0.6) is 5.75 Å². The molecule has 2 amide bonds. The molecule has 0 saturated carbocycles. The topological polar surface area (TPSA) is 80.3 Å². The van der Waals surface area contributed by atoms with Gasteiger partial charge in [0.25, 0.3) is 5.91 Å². The number of hydrogen-bond donors (Lipinski definition) is 2. The third-order valence-corrected chi connectivity index (χ3v) is 4.55. The molecule has 150 valence electrons. The molecular formula is C23H25N3O3. The highest BCUT2D eigenvalue weighted by molar-refractivity contribution is 6.08. The number of carbonyl (C=O) groups is 2. The molecule has 0 bridgehead atoms. The van der Waals surface area contributed by atoms with Crippen molar-refractivity contribution >= 4 is 28.4 Å². The predicted octanol–water partition coefficient (Wildman–Crippen LogP) is 4.39. The molecule has 0 saturated heterocycles. The fourth-order valence-corrected chi connectivity index (χ4v) is 3.18. The summed E-state index contributed by atoms with van der Waals surface area (Å²) in [4.78, 5) is 29.1. The minimum atomic E-state index is -0.228. The second kappa shape index (κ2) is 8.73. The largest absolute Gasteiger partial charge is 0.494 e. The molecule has 0 aliphatic heterocycles. The maximum absolute atomic E-state index is 13.1. The first-order chi connectivity index (χ1) is 13.9. The number of ether oxygens (including phenoxy) is 1. The lowest BCUT2D eigenvalue weighted by Crippen LogP contribution is -2.27. The molecule has 6 nitrogen and oxygen atoms in total. The van der Waals surface area contributed by atoms with Crippen LogP contribution in [0.15, 0.2) is 48.5 Å². The van der Waals surface area contributed by atoms with Crippen LogP contribution in [-0.2, 0) is 4.79 Å². The molecule has 0 spiro atoms. The number of fused-ring (bicyclic) bond motifs is 1. The Hall–Kier alpha value is -3.41. The molecule has 29 heavy (non-hydrogen) atoms. The first-order valence-corrected chi connectivity index (χ1v) is 9.60. The van der Waals surface area contributed by atoms with Crippen LogP contribution in [0.3, 0.4) is 0 Å². The molecule has 0 fully saturated rings. The van der Waals surface area contributed by atoms with Crippen molar-refractivity contribution < 1.29 is 14.3 Å².